The molecule has 5 rings (SSSR count). The van der Waals surface area contributed by atoms with E-state index in [1.165, 1.54) is 6.42 Å². The van der Waals surface area contributed by atoms with Crippen molar-refractivity contribution < 1.29 is 19.4 Å². The third kappa shape index (κ3) is 6.48. The minimum Gasteiger partial charge on any atom is -0.460 e. The first-order chi connectivity index (χ1) is 20.9. The number of ether oxygens (including phenoxy) is 2. The predicted molar refractivity (Wildman–Crippen MR) is 176 cm³/mol. The van der Waals surface area contributed by atoms with Crippen LogP contribution in [0.4, 0.5) is 0 Å². The van der Waals surface area contributed by atoms with Gasteiger partial charge in [-0.2, -0.15) is 0 Å². The second-order valence-electron chi connectivity index (χ2n) is 14.4. The van der Waals surface area contributed by atoms with Crippen LogP contribution in [0.2, 0.25) is 5.02 Å². The largest absolute Gasteiger partial charge is 0.460 e. The predicted octanol–water partition coefficient (Wildman–Crippen LogP) is 8.42. The lowest BCUT2D eigenvalue weighted by molar-refractivity contribution is -0.170. The molecule has 1 N–H and O–H groups in total. The van der Waals surface area contributed by atoms with E-state index in [0.717, 1.165) is 24.0 Å². The first kappa shape index (κ1) is 32.7. The van der Waals surface area contributed by atoms with Gasteiger partial charge in [0.1, 0.15) is 11.5 Å². The highest BCUT2D eigenvalue weighted by Gasteiger charge is 2.65. The maximum Gasteiger partial charge on any atom is 0.314 e. The maximum absolute atomic E-state index is 14.4. The van der Waals surface area contributed by atoms with Crippen LogP contribution < -0.4 is 0 Å². The summed E-state index contributed by atoms with van der Waals surface area (Å²) in [7, 11) is 1.84. The molecule has 3 unspecified atom stereocenters. The molecular formula is C38H48ClNO4. The molecule has 2 bridgehead atoms. The van der Waals surface area contributed by atoms with Crippen LogP contribution in [0.25, 0.3) is 0 Å². The van der Waals surface area contributed by atoms with Crippen LogP contribution in [-0.2, 0) is 20.8 Å². The molecule has 3 aromatic rings. The zero-order valence-electron chi connectivity index (χ0n) is 27.0. The molecule has 2 fully saturated rings. The number of fused-ring (bicyclic) bond motifs is 2. The molecule has 44 heavy (non-hydrogen) atoms. The average Bonchev–Trinajstić information content (AvgIpc) is 3.35. The van der Waals surface area contributed by atoms with E-state index in [9.17, 15) is 9.90 Å². The Hall–Kier alpha value is -2.70. The van der Waals surface area contributed by atoms with Gasteiger partial charge >= 0.3 is 5.97 Å². The zero-order valence-corrected chi connectivity index (χ0v) is 27.8. The fraction of sp³-hybridized carbons (Fsp3) is 0.500. The first-order valence-corrected chi connectivity index (χ1v) is 16.3. The summed E-state index contributed by atoms with van der Waals surface area (Å²) in [5.41, 5.74) is 1.92. The number of carbonyl (C=O) groups excluding carboxylic acids is 1. The summed E-state index contributed by atoms with van der Waals surface area (Å²) in [4.78, 5) is 16.8. The van der Waals surface area contributed by atoms with Gasteiger partial charge < -0.3 is 14.6 Å². The van der Waals surface area contributed by atoms with Gasteiger partial charge in [-0.25, -0.2) is 0 Å². The highest BCUT2D eigenvalue weighted by atomic mass is 35.5. The van der Waals surface area contributed by atoms with Gasteiger partial charge in [-0.15, -0.1) is 0 Å². The van der Waals surface area contributed by atoms with Crippen molar-refractivity contribution in [2.24, 2.45) is 22.7 Å². The van der Waals surface area contributed by atoms with Gasteiger partial charge in [-0.05, 0) is 80.2 Å². The van der Waals surface area contributed by atoms with Gasteiger partial charge in [-0.1, -0.05) is 98.2 Å². The van der Waals surface area contributed by atoms with Crippen molar-refractivity contribution in [2.45, 2.75) is 84.3 Å². The van der Waals surface area contributed by atoms with E-state index in [1.54, 1.807) is 0 Å². The van der Waals surface area contributed by atoms with Gasteiger partial charge in [0.05, 0.1) is 18.2 Å². The van der Waals surface area contributed by atoms with Gasteiger partial charge in [0, 0.05) is 30.6 Å². The topological polar surface area (TPSA) is 59.0 Å². The summed E-state index contributed by atoms with van der Waals surface area (Å²) in [6.07, 6.45) is 2.27. The fourth-order valence-corrected chi connectivity index (χ4v) is 8.22. The number of benzene rings is 3. The fourth-order valence-electron chi connectivity index (χ4n) is 8.10. The SMILES string of the molecule is CO[C@@H]1C[C@H]2CC[C@]1(CN(Cc1ccccc1)C(c1ccc(Cl)cc1)C(C(=O)OC(C)(C)C)C(O)c1ccccc1)C2(C)C. The minimum atomic E-state index is -1.10. The Morgan fingerprint density at radius 1 is 0.977 bits per heavy atom. The molecule has 2 aliphatic carbocycles. The van der Waals surface area contributed by atoms with Crippen molar-refractivity contribution in [3.8, 4) is 0 Å². The van der Waals surface area contributed by atoms with E-state index in [0.29, 0.717) is 29.6 Å². The Kier molecular flexibility index (Phi) is 9.63. The number of aliphatic hydroxyl groups excluding tert-OH is 1. The van der Waals surface area contributed by atoms with Crippen molar-refractivity contribution >= 4 is 17.6 Å². The smallest absolute Gasteiger partial charge is 0.314 e. The number of halogens is 1. The standard InChI is InChI=1S/C38H48ClNO4/c1-36(2,3)44-35(42)32(34(41)28-15-11-8-12-16-28)33(27-17-19-30(39)20-18-27)40(24-26-13-9-7-10-14-26)25-38-22-21-29(37(38,4)5)23-31(38)43-6/h7-20,29,31-34,41H,21-25H2,1-6H3/t29-,31-,32?,33?,34?,38-/m1/s1. The van der Waals surface area contributed by atoms with E-state index in [4.69, 9.17) is 21.1 Å². The van der Waals surface area contributed by atoms with Gasteiger partial charge in [0.25, 0.3) is 0 Å². The van der Waals surface area contributed by atoms with Gasteiger partial charge in [0.15, 0.2) is 0 Å². The number of hydrogen-bond donors (Lipinski definition) is 1. The van der Waals surface area contributed by atoms with E-state index in [-0.39, 0.29) is 16.9 Å². The summed E-state index contributed by atoms with van der Waals surface area (Å²) in [5, 5.41) is 12.8. The molecule has 5 nitrogen and oxygen atoms in total. The van der Waals surface area contributed by atoms with E-state index >= 15 is 0 Å². The highest BCUT2D eigenvalue weighted by Crippen LogP contribution is 2.67. The monoisotopic (exact) mass is 617 g/mol. The van der Waals surface area contributed by atoms with Crippen LogP contribution >= 0.6 is 11.6 Å². The Morgan fingerprint density at radius 2 is 1.59 bits per heavy atom. The van der Waals surface area contributed by atoms with Crippen LogP contribution in [0, 0.1) is 22.7 Å². The van der Waals surface area contributed by atoms with Crippen LogP contribution in [0.5, 0.6) is 0 Å². The molecule has 236 valence electrons. The lowest BCUT2D eigenvalue weighted by atomic mass is 9.67. The Labute approximate surface area is 268 Å². The normalized spacial score (nSPS) is 24.7. The number of hydrogen-bond acceptors (Lipinski definition) is 5. The number of nitrogens with zero attached hydrogens (tertiary/aromatic N) is 1. The molecule has 2 saturated carbocycles. The molecule has 0 saturated heterocycles. The summed E-state index contributed by atoms with van der Waals surface area (Å²) in [6.45, 7) is 11.7. The van der Waals surface area contributed by atoms with E-state index < -0.39 is 29.6 Å². The second kappa shape index (κ2) is 13.0. The number of carbonyl (C=O) groups is 1. The van der Waals surface area contributed by atoms with Crippen molar-refractivity contribution in [1.29, 1.82) is 0 Å². The molecule has 0 aliphatic heterocycles. The molecule has 0 aromatic heterocycles. The molecule has 0 amide bonds. The second-order valence-corrected chi connectivity index (χ2v) is 14.8. The number of aliphatic hydroxyl groups is 1. The van der Waals surface area contributed by atoms with Gasteiger partial charge in [-0.3, -0.25) is 9.69 Å². The zero-order chi connectivity index (χ0) is 31.7. The lowest BCUT2D eigenvalue weighted by Crippen LogP contribution is -2.51. The Bertz CT molecular complexity index is 1390. The van der Waals surface area contributed by atoms with Crippen LogP contribution in [0.1, 0.15) is 82.7 Å². The Balaban J connectivity index is 1.70. The first-order valence-electron chi connectivity index (χ1n) is 15.9. The minimum absolute atomic E-state index is 0.0482. The molecule has 3 aromatic carbocycles. The summed E-state index contributed by atoms with van der Waals surface area (Å²) >= 11 is 6.41. The molecule has 6 atom stereocenters. The molecule has 0 heterocycles. The molecule has 0 radical (unpaired) electrons. The van der Waals surface area contributed by atoms with Crippen molar-refractivity contribution in [1.82, 2.24) is 4.90 Å². The van der Waals surface area contributed by atoms with Crippen LogP contribution in [-0.4, -0.2) is 41.3 Å². The summed E-state index contributed by atoms with van der Waals surface area (Å²) in [5.74, 6) is -0.764. The lowest BCUT2D eigenvalue weighted by Gasteiger charge is -2.48. The molecule has 2 aliphatic rings. The third-order valence-electron chi connectivity index (χ3n) is 10.5. The van der Waals surface area contributed by atoms with Crippen molar-refractivity contribution in [3.05, 3.63) is 107 Å². The maximum atomic E-state index is 14.4. The van der Waals surface area contributed by atoms with Crippen molar-refractivity contribution in [3.63, 3.8) is 0 Å². The third-order valence-corrected chi connectivity index (χ3v) is 10.7. The van der Waals surface area contributed by atoms with Crippen LogP contribution in [0.15, 0.2) is 84.9 Å². The molecule has 0 spiro atoms. The number of esters is 1. The number of rotatable bonds is 11. The highest BCUT2D eigenvalue weighted by molar-refractivity contribution is 6.30. The van der Waals surface area contributed by atoms with E-state index in [2.05, 4.69) is 43.0 Å². The molecule has 6 heteroatoms. The van der Waals surface area contributed by atoms with E-state index in [1.807, 2.05) is 88.5 Å². The summed E-state index contributed by atoms with van der Waals surface area (Å²) in [6, 6.07) is 27.0. The van der Waals surface area contributed by atoms with Crippen molar-refractivity contribution in [2.75, 3.05) is 13.7 Å². The Morgan fingerprint density at radius 3 is 2.16 bits per heavy atom. The molecular weight excluding hydrogens is 570 g/mol. The number of methoxy groups -OCH3 is 1. The summed E-state index contributed by atoms with van der Waals surface area (Å²) < 4.78 is 12.3. The average molecular weight is 618 g/mol. The van der Waals surface area contributed by atoms with Gasteiger partial charge in [0.2, 0.25) is 0 Å². The quantitative estimate of drug-likeness (QED) is 0.219. The van der Waals surface area contributed by atoms with Crippen LogP contribution in [0.3, 0.4) is 0 Å².